The standard InChI is InChI=1S/C12H15Br2NO2/c1-8(5-6-13)15-12(16)10-7-9(17-2)3-4-11(10)14/h3-4,7-8H,5-6H2,1-2H3,(H,15,16). The Kier molecular flexibility index (Phi) is 5.98. The molecule has 1 atom stereocenters. The maximum atomic E-state index is 12.0. The molecular weight excluding hydrogens is 350 g/mol. The first-order valence-corrected chi connectivity index (χ1v) is 7.20. The molecule has 1 N–H and O–H groups in total. The topological polar surface area (TPSA) is 38.3 Å². The molecule has 1 aromatic rings. The fourth-order valence-electron chi connectivity index (χ4n) is 1.34. The number of benzene rings is 1. The van der Waals surface area contributed by atoms with Gasteiger partial charge in [-0.3, -0.25) is 4.79 Å². The highest BCUT2D eigenvalue weighted by Gasteiger charge is 2.13. The summed E-state index contributed by atoms with van der Waals surface area (Å²) in [5, 5.41) is 3.80. The van der Waals surface area contributed by atoms with Gasteiger partial charge in [-0.25, -0.2) is 0 Å². The van der Waals surface area contributed by atoms with Crippen molar-refractivity contribution >= 4 is 37.8 Å². The highest BCUT2D eigenvalue weighted by atomic mass is 79.9. The van der Waals surface area contributed by atoms with Crippen molar-refractivity contribution in [1.82, 2.24) is 5.32 Å². The largest absolute Gasteiger partial charge is 0.497 e. The predicted molar refractivity (Wildman–Crippen MR) is 76.0 cm³/mol. The lowest BCUT2D eigenvalue weighted by molar-refractivity contribution is 0.0938. The Morgan fingerprint density at radius 3 is 2.82 bits per heavy atom. The molecule has 17 heavy (non-hydrogen) atoms. The number of rotatable bonds is 5. The van der Waals surface area contributed by atoms with Crippen LogP contribution in [-0.2, 0) is 0 Å². The van der Waals surface area contributed by atoms with Crippen LogP contribution in [-0.4, -0.2) is 24.4 Å². The van der Waals surface area contributed by atoms with Gasteiger partial charge in [0, 0.05) is 15.8 Å². The average molecular weight is 365 g/mol. The van der Waals surface area contributed by atoms with Crippen molar-refractivity contribution < 1.29 is 9.53 Å². The number of ether oxygens (including phenoxy) is 1. The molecular formula is C12H15Br2NO2. The predicted octanol–water partition coefficient (Wildman–Crippen LogP) is 3.36. The van der Waals surface area contributed by atoms with E-state index in [1.807, 2.05) is 19.1 Å². The van der Waals surface area contributed by atoms with E-state index in [9.17, 15) is 4.79 Å². The van der Waals surface area contributed by atoms with E-state index in [-0.39, 0.29) is 11.9 Å². The third-order valence-corrected chi connectivity index (χ3v) is 3.49. The number of hydrogen-bond donors (Lipinski definition) is 1. The average Bonchev–Trinajstić information content (AvgIpc) is 2.29. The van der Waals surface area contributed by atoms with Gasteiger partial charge in [0.05, 0.1) is 12.7 Å². The molecule has 1 rings (SSSR count). The van der Waals surface area contributed by atoms with E-state index in [4.69, 9.17) is 4.74 Å². The molecule has 0 aromatic heterocycles. The Labute approximate surface area is 118 Å². The molecule has 1 amide bonds. The molecule has 0 heterocycles. The Morgan fingerprint density at radius 2 is 2.24 bits per heavy atom. The molecule has 94 valence electrons. The van der Waals surface area contributed by atoms with E-state index in [0.29, 0.717) is 11.3 Å². The minimum absolute atomic E-state index is 0.0933. The molecule has 0 radical (unpaired) electrons. The number of hydrogen-bond acceptors (Lipinski definition) is 2. The van der Waals surface area contributed by atoms with E-state index in [2.05, 4.69) is 37.2 Å². The molecule has 0 bridgehead atoms. The van der Waals surface area contributed by atoms with Crippen LogP contribution in [0.4, 0.5) is 0 Å². The molecule has 5 heteroatoms. The van der Waals surface area contributed by atoms with Crippen LogP contribution in [0.1, 0.15) is 23.7 Å². The first-order valence-electron chi connectivity index (χ1n) is 5.29. The van der Waals surface area contributed by atoms with Crippen LogP contribution in [0.3, 0.4) is 0 Å². The van der Waals surface area contributed by atoms with Gasteiger partial charge in [0.2, 0.25) is 0 Å². The normalized spacial score (nSPS) is 12.0. The van der Waals surface area contributed by atoms with Crippen molar-refractivity contribution in [3.05, 3.63) is 28.2 Å². The van der Waals surface area contributed by atoms with Gasteiger partial charge in [-0.1, -0.05) is 15.9 Å². The molecule has 1 aromatic carbocycles. The third kappa shape index (κ3) is 4.32. The fourth-order valence-corrected chi connectivity index (χ4v) is 2.46. The second kappa shape index (κ2) is 7.01. The van der Waals surface area contributed by atoms with Gasteiger partial charge < -0.3 is 10.1 Å². The Balaban J connectivity index is 2.80. The van der Waals surface area contributed by atoms with Crippen molar-refractivity contribution in [2.75, 3.05) is 12.4 Å². The van der Waals surface area contributed by atoms with Gasteiger partial charge in [-0.15, -0.1) is 0 Å². The first-order chi connectivity index (χ1) is 8.08. The zero-order chi connectivity index (χ0) is 12.8. The van der Waals surface area contributed by atoms with Gasteiger partial charge in [-0.05, 0) is 47.5 Å². The van der Waals surface area contributed by atoms with Crippen molar-refractivity contribution in [1.29, 1.82) is 0 Å². The summed E-state index contributed by atoms with van der Waals surface area (Å²) in [7, 11) is 1.58. The van der Waals surface area contributed by atoms with Gasteiger partial charge in [0.25, 0.3) is 5.91 Å². The second-order valence-electron chi connectivity index (χ2n) is 3.70. The Hall–Kier alpha value is -0.550. The van der Waals surface area contributed by atoms with Crippen LogP contribution >= 0.6 is 31.9 Å². The second-order valence-corrected chi connectivity index (χ2v) is 5.35. The molecule has 0 aliphatic carbocycles. The fraction of sp³-hybridized carbons (Fsp3) is 0.417. The van der Waals surface area contributed by atoms with Crippen molar-refractivity contribution in [3.63, 3.8) is 0 Å². The van der Waals surface area contributed by atoms with Crippen LogP contribution in [0, 0.1) is 0 Å². The summed E-state index contributed by atoms with van der Waals surface area (Å²) in [5.74, 6) is 0.579. The maximum absolute atomic E-state index is 12.0. The summed E-state index contributed by atoms with van der Waals surface area (Å²) in [6.07, 6.45) is 0.896. The Bertz CT molecular complexity index is 396. The van der Waals surface area contributed by atoms with Gasteiger partial charge >= 0.3 is 0 Å². The number of carbonyl (C=O) groups is 1. The number of alkyl halides is 1. The van der Waals surface area contributed by atoms with Crippen LogP contribution in [0.25, 0.3) is 0 Å². The summed E-state index contributed by atoms with van der Waals surface area (Å²) in [5.41, 5.74) is 0.589. The van der Waals surface area contributed by atoms with Crippen molar-refractivity contribution in [3.8, 4) is 5.75 Å². The third-order valence-electron chi connectivity index (χ3n) is 2.34. The molecule has 0 saturated heterocycles. The monoisotopic (exact) mass is 363 g/mol. The highest BCUT2D eigenvalue weighted by molar-refractivity contribution is 9.10. The van der Waals surface area contributed by atoms with E-state index in [0.717, 1.165) is 16.2 Å². The minimum Gasteiger partial charge on any atom is -0.497 e. The molecule has 0 aliphatic heterocycles. The quantitative estimate of drug-likeness (QED) is 0.813. The summed E-state index contributed by atoms with van der Waals surface area (Å²) >= 11 is 6.72. The van der Waals surface area contributed by atoms with E-state index >= 15 is 0 Å². The highest BCUT2D eigenvalue weighted by Crippen LogP contribution is 2.22. The number of carbonyl (C=O) groups excluding carboxylic acids is 1. The minimum atomic E-state index is -0.0933. The molecule has 0 saturated carbocycles. The van der Waals surface area contributed by atoms with E-state index < -0.39 is 0 Å². The lowest BCUT2D eigenvalue weighted by Crippen LogP contribution is -2.33. The van der Waals surface area contributed by atoms with Crippen LogP contribution in [0.5, 0.6) is 5.75 Å². The lowest BCUT2D eigenvalue weighted by atomic mass is 10.1. The van der Waals surface area contributed by atoms with Crippen LogP contribution in [0.2, 0.25) is 0 Å². The summed E-state index contributed by atoms with van der Waals surface area (Å²) in [6.45, 7) is 1.98. The van der Waals surface area contributed by atoms with E-state index in [1.165, 1.54) is 0 Å². The number of amides is 1. The Morgan fingerprint density at radius 1 is 1.53 bits per heavy atom. The van der Waals surface area contributed by atoms with Gasteiger partial charge in [-0.2, -0.15) is 0 Å². The lowest BCUT2D eigenvalue weighted by Gasteiger charge is -2.13. The SMILES string of the molecule is COc1ccc(Br)c(C(=O)NC(C)CCBr)c1. The summed E-state index contributed by atoms with van der Waals surface area (Å²) < 4.78 is 5.87. The summed E-state index contributed by atoms with van der Waals surface area (Å²) in [6, 6.07) is 5.48. The van der Waals surface area contributed by atoms with E-state index in [1.54, 1.807) is 13.2 Å². The maximum Gasteiger partial charge on any atom is 0.252 e. The first kappa shape index (κ1) is 14.5. The molecule has 1 unspecified atom stereocenters. The van der Waals surface area contributed by atoms with Gasteiger partial charge in [0.1, 0.15) is 5.75 Å². The summed E-state index contributed by atoms with van der Waals surface area (Å²) in [4.78, 5) is 12.0. The van der Waals surface area contributed by atoms with Gasteiger partial charge in [0.15, 0.2) is 0 Å². The molecule has 0 fully saturated rings. The zero-order valence-corrected chi connectivity index (χ0v) is 13.0. The van der Waals surface area contributed by atoms with Crippen LogP contribution < -0.4 is 10.1 Å². The number of nitrogens with one attached hydrogen (secondary N) is 1. The van der Waals surface area contributed by atoms with Crippen molar-refractivity contribution in [2.24, 2.45) is 0 Å². The smallest absolute Gasteiger partial charge is 0.252 e. The van der Waals surface area contributed by atoms with Crippen LogP contribution in [0.15, 0.2) is 22.7 Å². The molecule has 0 aliphatic rings. The number of halogens is 2. The number of methoxy groups -OCH3 is 1. The zero-order valence-electron chi connectivity index (χ0n) is 9.80. The molecule has 0 spiro atoms. The van der Waals surface area contributed by atoms with Crippen molar-refractivity contribution in [2.45, 2.75) is 19.4 Å². The molecule has 3 nitrogen and oxygen atoms in total.